The van der Waals surface area contributed by atoms with Gasteiger partial charge in [-0.15, -0.1) is 0 Å². The van der Waals surface area contributed by atoms with Crippen LogP contribution in [0, 0.1) is 45.8 Å². The number of aliphatic hydroxyl groups is 1. The molecule has 5 rings (SSSR count). The summed E-state index contributed by atoms with van der Waals surface area (Å²) in [6.45, 7) is 12.5. The van der Waals surface area contributed by atoms with E-state index in [1.807, 2.05) is 13.0 Å². The van der Waals surface area contributed by atoms with E-state index in [1.54, 1.807) is 0 Å². The van der Waals surface area contributed by atoms with Crippen molar-refractivity contribution in [3.63, 3.8) is 0 Å². The van der Waals surface area contributed by atoms with E-state index in [0.717, 1.165) is 25.7 Å². The molecule has 1 N–H and O–H groups in total. The molecule has 1 unspecified atom stereocenters. The molecule has 5 aliphatic rings. The molecule has 0 spiro atoms. The van der Waals surface area contributed by atoms with Gasteiger partial charge in [0.15, 0.2) is 6.29 Å². The standard InChI is InChI=1S/C31H48O9/c1-18(25-37-16-28(2,3)17-38-25)21-8-9-22-20-10-13-31(34)15-19(39-26(32)35-6)14-24(40-27(33)36-7)30(31,5)23(20)11-12-29(21,22)4/h10,13,18-25,34H,8-9,11-12,14-17H2,1-7H3/t18?,19-,20-,21+,22-,23-,24-,29+,30-,31+/m0/s1. The van der Waals surface area contributed by atoms with E-state index in [0.29, 0.717) is 25.0 Å². The van der Waals surface area contributed by atoms with Crippen molar-refractivity contribution in [2.45, 2.75) is 97.2 Å². The Balaban J connectivity index is 1.41. The number of hydrogen-bond donors (Lipinski definition) is 1. The van der Waals surface area contributed by atoms with E-state index in [2.05, 4.69) is 33.8 Å². The average molecular weight is 565 g/mol. The second-order valence-corrected chi connectivity index (χ2v) is 14.3. The molecule has 0 radical (unpaired) electrons. The van der Waals surface area contributed by atoms with Crippen molar-refractivity contribution in [1.82, 2.24) is 0 Å². The fraction of sp³-hybridized carbons (Fsp3) is 0.871. The molecule has 4 fully saturated rings. The second-order valence-electron chi connectivity index (χ2n) is 14.3. The molecule has 0 aromatic rings. The van der Waals surface area contributed by atoms with Crippen molar-refractivity contribution < 1.29 is 43.1 Å². The van der Waals surface area contributed by atoms with Crippen molar-refractivity contribution in [3.8, 4) is 0 Å². The maximum Gasteiger partial charge on any atom is 0.508 e. The molecule has 10 atom stereocenters. The minimum atomic E-state index is -1.32. The summed E-state index contributed by atoms with van der Waals surface area (Å²) in [5.74, 6) is 1.50. The van der Waals surface area contributed by atoms with Gasteiger partial charge >= 0.3 is 12.3 Å². The van der Waals surface area contributed by atoms with Gasteiger partial charge in [-0.2, -0.15) is 0 Å². The predicted molar refractivity (Wildman–Crippen MR) is 145 cm³/mol. The summed E-state index contributed by atoms with van der Waals surface area (Å²) in [6, 6.07) is 0. The lowest BCUT2D eigenvalue weighted by Gasteiger charge is -2.63. The highest BCUT2D eigenvalue weighted by atomic mass is 16.7. The van der Waals surface area contributed by atoms with Gasteiger partial charge in [0.1, 0.15) is 12.2 Å². The first-order chi connectivity index (χ1) is 18.8. The van der Waals surface area contributed by atoms with Gasteiger partial charge in [-0.3, -0.25) is 0 Å². The first kappa shape index (κ1) is 29.6. The highest BCUT2D eigenvalue weighted by Gasteiger charge is 2.68. The van der Waals surface area contributed by atoms with E-state index in [9.17, 15) is 14.7 Å². The zero-order valence-electron chi connectivity index (χ0n) is 25.1. The zero-order valence-corrected chi connectivity index (χ0v) is 25.1. The number of carbonyl (C=O) groups is 2. The lowest BCUT2D eigenvalue weighted by atomic mass is 9.44. The van der Waals surface area contributed by atoms with Crippen molar-refractivity contribution >= 4 is 12.3 Å². The Morgan fingerprint density at radius 2 is 1.60 bits per heavy atom. The number of ether oxygens (including phenoxy) is 6. The smallest absolute Gasteiger partial charge is 0.438 e. The van der Waals surface area contributed by atoms with Gasteiger partial charge in [-0.25, -0.2) is 9.59 Å². The molecule has 40 heavy (non-hydrogen) atoms. The predicted octanol–water partition coefficient (Wildman–Crippen LogP) is 5.48. The molecular weight excluding hydrogens is 516 g/mol. The van der Waals surface area contributed by atoms with Gasteiger partial charge in [0.05, 0.1) is 33.0 Å². The number of allylic oxidation sites excluding steroid dienone is 1. The van der Waals surface area contributed by atoms with Crippen LogP contribution in [0.5, 0.6) is 0 Å². The maximum absolute atomic E-state index is 12.4. The van der Waals surface area contributed by atoms with Crippen LogP contribution >= 0.6 is 0 Å². The molecule has 1 aliphatic heterocycles. The maximum atomic E-state index is 12.4. The molecule has 9 heteroatoms. The van der Waals surface area contributed by atoms with Crippen LogP contribution in [0.2, 0.25) is 0 Å². The first-order valence-corrected chi connectivity index (χ1v) is 14.9. The SMILES string of the molecule is COC(=O)O[C@H]1C[C@H](OC(=O)OC)[C@]2(C)[C@H]3CC[C@]4(C)[C@@H](C(C)C5OCC(C)(C)CO5)CC[C@H]4[C@@H]3C=C[C@@]2(O)C1. The van der Waals surface area contributed by atoms with Crippen molar-refractivity contribution in [3.05, 3.63) is 12.2 Å². The molecule has 0 bridgehead atoms. The Morgan fingerprint density at radius 1 is 0.950 bits per heavy atom. The Bertz CT molecular complexity index is 1000. The Kier molecular flexibility index (Phi) is 7.75. The topological polar surface area (TPSA) is 110 Å². The monoisotopic (exact) mass is 564 g/mol. The first-order valence-electron chi connectivity index (χ1n) is 14.9. The van der Waals surface area contributed by atoms with Crippen LogP contribution in [0.3, 0.4) is 0 Å². The molecule has 0 aromatic heterocycles. The number of rotatable bonds is 4. The second kappa shape index (κ2) is 10.5. The fourth-order valence-corrected chi connectivity index (χ4v) is 9.36. The largest absolute Gasteiger partial charge is 0.508 e. The van der Waals surface area contributed by atoms with E-state index in [4.69, 9.17) is 28.4 Å². The van der Waals surface area contributed by atoms with Crippen LogP contribution in [-0.4, -0.2) is 68.9 Å². The minimum absolute atomic E-state index is 0.0409. The third-order valence-electron chi connectivity index (χ3n) is 11.6. The molecule has 0 amide bonds. The quantitative estimate of drug-likeness (QED) is 0.350. The van der Waals surface area contributed by atoms with Gasteiger partial charge in [-0.05, 0) is 54.8 Å². The minimum Gasteiger partial charge on any atom is -0.438 e. The average Bonchev–Trinajstić information content (AvgIpc) is 3.26. The van der Waals surface area contributed by atoms with Crippen LogP contribution < -0.4 is 0 Å². The summed E-state index contributed by atoms with van der Waals surface area (Å²) < 4.78 is 33.3. The summed E-state index contributed by atoms with van der Waals surface area (Å²) in [5, 5.41) is 12.2. The van der Waals surface area contributed by atoms with Crippen LogP contribution in [0.4, 0.5) is 9.59 Å². The van der Waals surface area contributed by atoms with Gasteiger partial charge in [0.25, 0.3) is 0 Å². The highest BCUT2D eigenvalue weighted by molar-refractivity contribution is 5.61. The van der Waals surface area contributed by atoms with Crippen molar-refractivity contribution in [1.29, 1.82) is 0 Å². The van der Waals surface area contributed by atoms with Crippen LogP contribution in [0.15, 0.2) is 12.2 Å². The highest BCUT2D eigenvalue weighted by Crippen LogP contribution is 2.68. The summed E-state index contributed by atoms with van der Waals surface area (Å²) in [6.07, 6.45) is 5.55. The molecule has 4 aliphatic carbocycles. The number of hydrogen-bond acceptors (Lipinski definition) is 9. The van der Waals surface area contributed by atoms with Crippen LogP contribution in [0.1, 0.15) is 73.1 Å². The molecule has 0 aromatic carbocycles. The third kappa shape index (κ3) is 4.74. The molecule has 226 valence electrons. The summed E-state index contributed by atoms with van der Waals surface area (Å²) in [5.41, 5.74) is -1.94. The number of carbonyl (C=O) groups excluding carboxylic acids is 2. The van der Waals surface area contributed by atoms with Gasteiger partial charge in [-0.1, -0.05) is 46.8 Å². The summed E-state index contributed by atoms with van der Waals surface area (Å²) >= 11 is 0. The molecule has 1 saturated heterocycles. The van der Waals surface area contributed by atoms with E-state index >= 15 is 0 Å². The Labute approximate surface area is 238 Å². The normalized spacial score (nSPS) is 44.9. The van der Waals surface area contributed by atoms with Crippen molar-refractivity contribution in [2.24, 2.45) is 45.8 Å². The van der Waals surface area contributed by atoms with Gasteiger partial charge < -0.3 is 33.5 Å². The molecule has 3 saturated carbocycles. The summed E-state index contributed by atoms with van der Waals surface area (Å²) in [4.78, 5) is 24.3. The van der Waals surface area contributed by atoms with Gasteiger partial charge in [0, 0.05) is 29.6 Å². The lowest BCUT2D eigenvalue weighted by molar-refractivity contribution is -0.254. The van der Waals surface area contributed by atoms with Gasteiger partial charge in [0.2, 0.25) is 0 Å². The van der Waals surface area contributed by atoms with Crippen LogP contribution in [-0.2, 0) is 28.4 Å². The van der Waals surface area contributed by atoms with Crippen LogP contribution in [0.25, 0.3) is 0 Å². The molecule has 9 nitrogen and oxygen atoms in total. The lowest BCUT2D eigenvalue weighted by Crippen LogP contribution is -2.67. The van der Waals surface area contributed by atoms with Crippen molar-refractivity contribution in [2.75, 3.05) is 27.4 Å². The number of methoxy groups -OCH3 is 2. The van der Waals surface area contributed by atoms with E-state index < -0.39 is 35.5 Å². The van der Waals surface area contributed by atoms with E-state index in [-0.39, 0.29) is 47.7 Å². The Morgan fingerprint density at radius 3 is 2.25 bits per heavy atom. The zero-order chi connectivity index (χ0) is 29.1. The molecule has 1 heterocycles. The number of fused-ring (bicyclic) bond motifs is 5. The Hall–Kier alpha value is -1.84. The fourth-order valence-electron chi connectivity index (χ4n) is 9.36. The summed E-state index contributed by atoms with van der Waals surface area (Å²) in [7, 11) is 2.53. The third-order valence-corrected chi connectivity index (χ3v) is 11.6. The van der Waals surface area contributed by atoms with E-state index in [1.165, 1.54) is 14.2 Å². The molecular formula is C31H48O9.